The lowest BCUT2D eigenvalue weighted by molar-refractivity contribution is -0.170. The zero-order valence-corrected chi connectivity index (χ0v) is 21.2. The van der Waals surface area contributed by atoms with E-state index in [0.29, 0.717) is 16.2 Å². The maximum absolute atomic E-state index is 3.98. The summed E-state index contributed by atoms with van der Waals surface area (Å²) < 4.78 is 1.33. The lowest BCUT2D eigenvalue weighted by atomic mass is 9.30. The summed E-state index contributed by atoms with van der Waals surface area (Å²) in [6, 6.07) is 19.7. The molecule has 170 valence electrons. The van der Waals surface area contributed by atoms with Crippen molar-refractivity contribution in [1.82, 2.24) is 0 Å². The fourth-order valence-corrected chi connectivity index (χ4v) is 13.4. The lowest BCUT2D eigenvalue weighted by Gasteiger charge is -2.73. The van der Waals surface area contributed by atoms with Crippen molar-refractivity contribution in [2.75, 3.05) is 0 Å². The summed E-state index contributed by atoms with van der Waals surface area (Å²) in [5.74, 6) is 6.73. The molecule has 1 heteroatoms. The molecule has 0 heterocycles. The lowest BCUT2D eigenvalue weighted by Crippen LogP contribution is -2.70. The Morgan fingerprint density at radius 3 is 2.03 bits per heavy atom. The number of fused-ring (bicyclic) bond motifs is 1. The van der Waals surface area contributed by atoms with Gasteiger partial charge in [-0.25, -0.2) is 0 Å². The van der Waals surface area contributed by atoms with Gasteiger partial charge in [-0.3, -0.25) is 0 Å². The van der Waals surface area contributed by atoms with E-state index < -0.39 is 0 Å². The van der Waals surface area contributed by atoms with Gasteiger partial charge in [-0.15, -0.1) is 0 Å². The van der Waals surface area contributed by atoms with Crippen LogP contribution in [0.15, 0.2) is 53.0 Å². The van der Waals surface area contributed by atoms with Crippen molar-refractivity contribution in [3.05, 3.63) is 69.7 Å². The van der Waals surface area contributed by atoms with E-state index in [1.165, 1.54) is 49.4 Å². The number of hydrogen-bond acceptors (Lipinski definition) is 0. The van der Waals surface area contributed by atoms with E-state index in [0.717, 1.165) is 41.4 Å². The van der Waals surface area contributed by atoms with Crippen LogP contribution in [0.4, 0.5) is 0 Å². The molecule has 9 aliphatic rings. The summed E-state index contributed by atoms with van der Waals surface area (Å²) in [7, 11) is 0. The van der Waals surface area contributed by atoms with E-state index in [-0.39, 0.29) is 0 Å². The van der Waals surface area contributed by atoms with Gasteiger partial charge in [0.05, 0.1) is 0 Å². The Morgan fingerprint density at radius 2 is 1.33 bits per heavy atom. The minimum atomic E-state index is 0.363. The summed E-state index contributed by atoms with van der Waals surface area (Å²) in [5.41, 5.74) is 6.60. The molecule has 33 heavy (non-hydrogen) atoms. The predicted molar refractivity (Wildman–Crippen MR) is 136 cm³/mol. The molecule has 0 radical (unpaired) electrons. The van der Waals surface area contributed by atoms with Crippen LogP contribution in [0.5, 0.6) is 0 Å². The van der Waals surface area contributed by atoms with Crippen molar-refractivity contribution < 1.29 is 0 Å². The topological polar surface area (TPSA) is 0 Å². The molecule has 0 aromatic heterocycles. The molecule has 2 aromatic rings. The first-order chi connectivity index (χ1) is 16.1. The molecular weight excluding hydrogens is 464 g/mol. The second-order valence-corrected chi connectivity index (χ2v) is 14.7. The van der Waals surface area contributed by atoms with Crippen molar-refractivity contribution in [3.63, 3.8) is 0 Å². The van der Waals surface area contributed by atoms with Crippen LogP contribution < -0.4 is 0 Å². The van der Waals surface area contributed by atoms with Crippen molar-refractivity contribution in [2.45, 2.75) is 80.5 Å². The molecule has 8 saturated carbocycles. The van der Waals surface area contributed by atoms with Crippen LogP contribution in [0.3, 0.4) is 0 Å². The van der Waals surface area contributed by atoms with Crippen LogP contribution in [0.2, 0.25) is 0 Å². The maximum Gasteiger partial charge on any atom is 0.0178 e. The van der Waals surface area contributed by atoms with Crippen molar-refractivity contribution in [2.24, 2.45) is 41.4 Å². The first kappa shape index (κ1) is 19.1. The summed E-state index contributed by atoms with van der Waals surface area (Å²) in [6.45, 7) is 0. The highest BCUT2D eigenvalue weighted by Gasteiger charge is 2.78. The molecule has 10 atom stereocenters. The van der Waals surface area contributed by atoms with Crippen LogP contribution in [-0.2, 0) is 16.2 Å². The molecule has 11 rings (SSSR count). The molecule has 0 amide bonds. The molecule has 9 aliphatic carbocycles. The number of benzene rings is 2. The standard InChI is InChI=1S/C32H35Br/c33-26-6-7-27-28(14-26)32(29-23-10-19-8-20(11-23)16-30(27,29)15-19)25-12-21-9-22(13-25)18-31(32,17-21)24-4-2-1-3-5-24/h1-7,14,19-23,25,29H,8-13,15-18H2/t19-,20+,21-,22+,23?,25?,29-,30?,31?,32+/m0/s1. The van der Waals surface area contributed by atoms with Crippen LogP contribution in [0, 0.1) is 41.4 Å². The predicted octanol–water partition coefficient (Wildman–Crippen LogP) is 8.17. The van der Waals surface area contributed by atoms with Gasteiger partial charge in [-0.1, -0.05) is 52.3 Å². The van der Waals surface area contributed by atoms with E-state index in [1.807, 2.05) is 11.1 Å². The molecule has 8 fully saturated rings. The average molecular weight is 500 g/mol. The van der Waals surface area contributed by atoms with Crippen LogP contribution >= 0.6 is 15.9 Å². The van der Waals surface area contributed by atoms with Gasteiger partial charge in [0.25, 0.3) is 0 Å². The zero-order valence-electron chi connectivity index (χ0n) is 19.6. The fraction of sp³-hybridized carbons (Fsp3) is 0.625. The Hall–Kier alpha value is -1.08. The second kappa shape index (κ2) is 6.00. The molecule has 0 saturated heterocycles. The number of halogens is 1. The van der Waals surface area contributed by atoms with E-state index in [9.17, 15) is 0 Å². The molecule has 8 bridgehead atoms. The Bertz CT molecular complexity index is 1140. The van der Waals surface area contributed by atoms with Gasteiger partial charge in [0.2, 0.25) is 0 Å². The van der Waals surface area contributed by atoms with Crippen molar-refractivity contribution >= 4 is 15.9 Å². The molecular formula is C32H35Br. The first-order valence-electron chi connectivity index (χ1n) is 14.0. The normalized spacial score (nSPS) is 51.8. The largest absolute Gasteiger partial charge is 0.0622 e. The maximum atomic E-state index is 3.98. The summed E-state index contributed by atoms with van der Waals surface area (Å²) in [4.78, 5) is 0. The van der Waals surface area contributed by atoms with Crippen molar-refractivity contribution in [1.29, 1.82) is 0 Å². The highest BCUT2D eigenvalue weighted by molar-refractivity contribution is 9.10. The quantitative estimate of drug-likeness (QED) is 0.371. The van der Waals surface area contributed by atoms with Gasteiger partial charge >= 0.3 is 0 Å². The summed E-state index contributed by atoms with van der Waals surface area (Å²) in [5, 5.41) is 0. The number of hydrogen-bond donors (Lipinski definition) is 0. The van der Waals surface area contributed by atoms with Gasteiger partial charge in [-0.05, 0) is 134 Å². The van der Waals surface area contributed by atoms with E-state index >= 15 is 0 Å². The SMILES string of the molecule is Brc1ccc2c(c1)[C@]1(C3C[C@@H]4C[C@H](C3)CC1(c1ccccc1)C4)[C@H]1C3C[C@@H]4C[C@H](C3)CC21C4. The zero-order chi connectivity index (χ0) is 21.6. The molecule has 2 aromatic carbocycles. The van der Waals surface area contributed by atoms with E-state index in [2.05, 4.69) is 64.5 Å². The minimum absolute atomic E-state index is 0.363. The third-order valence-electron chi connectivity index (χ3n) is 12.7. The molecule has 4 unspecified atom stereocenters. The molecule has 2 spiro atoms. The summed E-state index contributed by atoms with van der Waals surface area (Å²) >= 11 is 3.98. The fourth-order valence-electron chi connectivity index (χ4n) is 13.0. The smallest absolute Gasteiger partial charge is 0.0178 e. The Kier molecular flexibility index (Phi) is 3.48. The van der Waals surface area contributed by atoms with Crippen LogP contribution in [0.1, 0.15) is 80.9 Å². The Morgan fingerprint density at radius 1 is 0.667 bits per heavy atom. The van der Waals surface area contributed by atoms with Crippen molar-refractivity contribution in [3.8, 4) is 0 Å². The molecule has 0 N–H and O–H groups in total. The minimum Gasteiger partial charge on any atom is -0.0622 e. The monoisotopic (exact) mass is 498 g/mol. The third kappa shape index (κ3) is 2.03. The molecule has 0 nitrogen and oxygen atoms in total. The van der Waals surface area contributed by atoms with Crippen LogP contribution in [0.25, 0.3) is 0 Å². The average Bonchev–Trinajstić information content (AvgIpc) is 3.04. The van der Waals surface area contributed by atoms with E-state index in [1.54, 1.807) is 24.8 Å². The van der Waals surface area contributed by atoms with Crippen LogP contribution in [-0.4, -0.2) is 0 Å². The van der Waals surface area contributed by atoms with Gasteiger partial charge in [0.1, 0.15) is 0 Å². The van der Waals surface area contributed by atoms with Gasteiger partial charge < -0.3 is 0 Å². The highest BCUT2D eigenvalue weighted by atomic mass is 79.9. The van der Waals surface area contributed by atoms with E-state index in [4.69, 9.17) is 0 Å². The summed E-state index contributed by atoms with van der Waals surface area (Å²) in [6.07, 6.45) is 15.1. The second-order valence-electron chi connectivity index (χ2n) is 13.8. The molecule has 0 aliphatic heterocycles. The Balaban J connectivity index is 1.40. The third-order valence-corrected chi connectivity index (χ3v) is 13.2. The highest BCUT2D eigenvalue weighted by Crippen LogP contribution is 2.82. The number of rotatable bonds is 1. The first-order valence-corrected chi connectivity index (χ1v) is 14.8. The van der Waals surface area contributed by atoms with Gasteiger partial charge in [0, 0.05) is 20.7 Å². The Labute approximate surface area is 207 Å². The van der Waals surface area contributed by atoms with Gasteiger partial charge in [-0.2, -0.15) is 0 Å². The van der Waals surface area contributed by atoms with Gasteiger partial charge in [0.15, 0.2) is 0 Å².